The van der Waals surface area contributed by atoms with Gasteiger partial charge in [-0.3, -0.25) is 14.9 Å². The molecule has 27 heavy (non-hydrogen) atoms. The summed E-state index contributed by atoms with van der Waals surface area (Å²) in [6, 6.07) is 11.5. The lowest BCUT2D eigenvalue weighted by atomic mass is 10.1. The fourth-order valence-corrected chi connectivity index (χ4v) is 2.90. The number of halogens is 1. The van der Waals surface area contributed by atoms with Crippen molar-refractivity contribution < 1.29 is 14.1 Å². The van der Waals surface area contributed by atoms with Crippen molar-refractivity contribution >= 4 is 40.6 Å². The second-order valence-electron chi connectivity index (χ2n) is 5.49. The maximum atomic E-state index is 12.1. The zero-order valence-corrected chi connectivity index (χ0v) is 15.6. The summed E-state index contributed by atoms with van der Waals surface area (Å²) < 4.78 is 5.52. The van der Waals surface area contributed by atoms with Crippen molar-refractivity contribution in [1.29, 1.82) is 0 Å². The molecule has 8 nitrogen and oxygen atoms in total. The van der Waals surface area contributed by atoms with E-state index in [4.69, 9.17) is 16.0 Å². The summed E-state index contributed by atoms with van der Waals surface area (Å²) in [6.45, 7) is 1.97. The summed E-state index contributed by atoms with van der Waals surface area (Å²) in [5.41, 5.74) is 1.68. The van der Waals surface area contributed by atoms with E-state index in [0.717, 1.165) is 22.9 Å². The van der Waals surface area contributed by atoms with Gasteiger partial charge in [0.15, 0.2) is 0 Å². The molecule has 0 bridgehead atoms. The molecule has 10 heteroatoms. The molecular formula is C17H13ClN4O4S. The number of hydrogen-bond acceptors (Lipinski definition) is 7. The van der Waals surface area contributed by atoms with Crippen LogP contribution in [0.5, 0.6) is 0 Å². The molecule has 0 saturated carbocycles. The predicted molar refractivity (Wildman–Crippen MR) is 102 cm³/mol. The Morgan fingerprint density at radius 3 is 2.70 bits per heavy atom. The molecule has 1 amide bonds. The first-order valence-electron chi connectivity index (χ1n) is 7.69. The maximum absolute atomic E-state index is 12.1. The van der Waals surface area contributed by atoms with E-state index in [1.54, 1.807) is 0 Å². The van der Waals surface area contributed by atoms with Gasteiger partial charge in [0.1, 0.15) is 5.69 Å². The molecule has 1 aromatic heterocycles. The summed E-state index contributed by atoms with van der Waals surface area (Å²) in [5.74, 6) is -0.164. The lowest BCUT2D eigenvalue weighted by Crippen LogP contribution is -2.15. The Morgan fingerprint density at radius 2 is 2.00 bits per heavy atom. The molecule has 1 heterocycles. The lowest BCUT2D eigenvalue weighted by molar-refractivity contribution is -0.383. The van der Waals surface area contributed by atoms with E-state index in [9.17, 15) is 14.9 Å². The standard InChI is InChI=1S/C17H13ClN4O4S/c1-10-2-4-11(5-3-10)16-20-21-17(26-16)27-9-15(23)19-13-8-12(18)6-7-14(13)22(24)25/h2-8H,9H2,1H3,(H,19,23). The highest BCUT2D eigenvalue weighted by molar-refractivity contribution is 7.99. The predicted octanol–water partition coefficient (Wildman–Crippen LogP) is 4.34. The molecule has 0 aliphatic rings. The van der Waals surface area contributed by atoms with Crippen molar-refractivity contribution in [3.05, 3.63) is 63.2 Å². The lowest BCUT2D eigenvalue weighted by Gasteiger charge is -2.05. The quantitative estimate of drug-likeness (QED) is 0.369. The molecule has 138 valence electrons. The zero-order valence-electron chi connectivity index (χ0n) is 14.0. The highest BCUT2D eigenvalue weighted by Gasteiger charge is 2.17. The second kappa shape index (κ2) is 8.19. The van der Waals surface area contributed by atoms with Gasteiger partial charge in [0.05, 0.1) is 10.7 Å². The number of aryl methyl sites for hydroxylation is 1. The summed E-state index contributed by atoms with van der Waals surface area (Å²) in [6.07, 6.45) is 0. The van der Waals surface area contributed by atoms with Gasteiger partial charge in [0.2, 0.25) is 11.8 Å². The molecular weight excluding hydrogens is 392 g/mol. The monoisotopic (exact) mass is 404 g/mol. The number of thioether (sulfide) groups is 1. The number of hydrogen-bond donors (Lipinski definition) is 1. The van der Waals surface area contributed by atoms with E-state index in [1.165, 1.54) is 18.2 Å². The topological polar surface area (TPSA) is 111 Å². The number of amides is 1. The van der Waals surface area contributed by atoms with Gasteiger partial charge < -0.3 is 9.73 Å². The molecule has 0 atom stereocenters. The number of carbonyl (C=O) groups is 1. The van der Waals surface area contributed by atoms with Crippen molar-refractivity contribution in [2.45, 2.75) is 12.1 Å². The van der Waals surface area contributed by atoms with Crippen LogP contribution in [0.15, 0.2) is 52.1 Å². The van der Waals surface area contributed by atoms with E-state index in [-0.39, 0.29) is 27.4 Å². The van der Waals surface area contributed by atoms with E-state index in [2.05, 4.69) is 15.5 Å². The number of anilines is 1. The highest BCUT2D eigenvalue weighted by atomic mass is 35.5. The summed E-state index contributed by atoms with van der Waals surface area (Å²) in [4.78, 5) is 22.5. The van der Waals surface area contributed by atoms with E-state index >= 15 is 0 Å². The van der Waals surface area contributed by atoms with Gasteiger partial charge in [0.25, 0.3) is 10.9 Å². The number of nitro groups is 1. The first-order valence-corrected chi connectivity index (χ1v) is 9.06. The van der Waals surface area contributed by atoms with Crippen LogP contribution in [0.2, 0.25) is 5.02 Å². The van der Waals surface area contributed by atoms with Crippen LogP contribution in [-0.4, -0.2) is 26.8 Å². The van der Waals surface area contributed by atoms with E-state index < -0.39 is 10.8 Å². The van der Waals surface area contributed by atoms with Crippen LogP contribution in [0.1, 0.15) is 5.56 Å². The number of nitro benzene ring substituents is 1. The van der Waals surface area contributed by atoms with Crippen LogP contribution >= 0.6 is 23.4 Å². The highest BCUT2D eigenvalue weighted by Crippen LogP contribution is 2.28. The average molecular weight is 405 g/mol. The van der Waals surface area contributed by atoms with Crippen molar-refractivity contribution in [1.82, 2.24) is 10.2 Å². The minimum Gasteiger partial charge on any atom is -0.411 e. The van der Waals surface area contributed by atoms with Crippen LogP contribution < -0.4 is 5.32 Å². The third-order valence-corrected chi connectivity index (χ3v) is 4.51. The number of rotatable bonds is 6. The van der Waals surface area contributed by atoms with Crippen LogP contribution in [-0.2, 0) is 4.79 Å². The smallest absolute Gasteiger partial charge is 0.292 e. The maximum Gasteiger partial charge on any atom is 0.292 e. The Balaban J connectivity index is 1.63. The average Bonchev–Trinajstić information content (AvgIpc) is 3.09. The Morgan fingerprint density at radius 1 is 1.26 bits per heavy atom. The van der Waals surface area contributed by atoms with Gasteiger partial charge in [-0.05, 0) is 31.2 Å². The van der Waals surface area contributed by atoms with Gasteiger partial charge >= 0.3 is 0 Å². The van der Waals surface area contributed by atoms with Gasteiger partial charge in [0, 0.05) is 16.7 Å². The van der Waals surface area contributed by atoms with Crippen molar-refractivity contribution in [2.24, 2.45) is 0 Å². The van der Waals surface area contributed by atoms with Crippen molar-refractivity contribution in [3.8, 4) is 11.5 Å². The Labute approximate surface area is 163 Å². The van der Waals surface area contributed by atoms with Crippen LogP contribution in [0.25, 0.3) is 11.5 Å². The third kappa shape index (κ3) is 4.83. The first-order chi connectivity index (χ1) is 12.9. The number of carbonyl (C=O) groups excluding carboxylic acids is 1. The van der Waals surface area contributed by atoms with Crippen molar-refractivity contribution in [2.75, 3.05) is 11.1 Å². The molecule has 0 unspecified atom stereocenters. The Hall–Kier alpha value is -2.91. The zero-order chi connectivity index (χ0) is 19.4. The van der Waals surface area contributed by atoms with E-state index in [0.29, 0.717) is 5.89 Å². The van der Waals surface area contributed by atoms with Gasteiger partial charge in [-0.1, -0.05) is 41.1 Å². The molecule has 0 aliphatic carbocycles. The van der Waals surface area contributed by atoms with Gasteiger partial charge in [-0.25, -0.2) is 0 Å². The number of nitrogens with zero attached hydrogens (tertiary/aromatic N) is 3. The minimum absolute atomic E-state index is 0.0315. The van der Waals surface area contributed by atoms with Crippen LogP contribution in [0, 0.1) is 17.0 Å². The summed E-state index contributed by atoms with van der Waals surface area (Å²) in [7, 11) is 0. The van der Waals surface area contributed by atoms with Gasteiger partial charge in [-0.2, -0.15) is 0 Å². The van der Waals surface area contributed by atoms with Crippen LogP contribution in [0.3, 0.4) is 0 Å². The normalized spacial score (nSPS) is 10.6. The molecule has 3 rings (SSSR count). The summed E-state index contributed by atoms with van der Waals surface area (Å²) >= 11 is 6.87. The van der Waals surface area contributed by atoms with Crippen molar-refractivity contribution in [3.63, 3.8) is 0 Å². The first kappa shape index (κ1) is 18.9. The third-order valence-electron chi connectivity index (χ3n) is 3.46. The molecule has 0 aliphatic heterocycles. The summed E-state index contributed by atoms with van der Waals surface area (Å²) in [5, 5.41) is 21.8. The fraction of sp³-hybridized carbons (Fsp3) is 0.118. The van der Waals surface area contributed by atoms with Gasteiger partial charge in [-0.15, -0.1) is 10.2 Å². The molecule has 1 N–H and O–H groups in total. The molecule has 0 radical (unpaired) electrons. The Kier molecular flexibility index (Phi) is 5.72. The minimum atomic E-state index is -0.592. The van der Waals surface area contributed by atoms with Crippen LogP contribution in [0.4, 0.5) is 11.4 Å². The molecule has 2 aromatic carbocycles. The Bertz CT molecular complexity index is 991. The largest absolute Gasteiger partial charge is 0.411 e. The molecule has 0 spiro atoms. The SMILES string of the molecule is Cc1ccc(-c2nnc(SCC(=O)Nc3cc(Cl)ccc3[N+](=O)[O-])o2)cc1. The number of nitrogens with one attached hydrogen (secondary N) is 1. The second-order valence-corrected chi connectivity index (χ2v) is 6.86. The fourth-order valence-electron chi connectivity index (χ4n) is 2.16. The molecule has 0 saturated heterocycles. The molecule has 3 aromatic rings. The van der Waals surface area contributed by atoms with E-state index in [1.807, 2.05) is 31.2 Å². The number of benzene rings is 2. The molecule has 0 fully saturated rings. The number of aromatic nitrogens is 2.